The monoisotopic (exact) mass is 403 g/mol. The number of hydrogen-bond acceptors (Lipinski definition) is 4. The number of aromatic nitrogens is 1. The first-order chi connectivity index (χ1) is 14.3. The SMILES string of the molecule is CCOCc1cc2c(N=C3SCCC4Cc5ccccc5CN34)cccc2cn1. The molecule has 2 aliphatic rings. The molecule has 2 aromatic carbocycles. The van der Waals surface area contributed by atoms with Crippen molar-refractivity contribution in [3.63, 3.8) is 0 Å². The summed E-state index contributed by atoms with van der Waals surface area (Å²) in [6.45, 7) is 4.19. The number of rotatable bonds is 4. The fourth-order valence-electron chi connectivity index (χ4n) is 4.22. The van der Waals surface area contributed by atoms with Crippen molar-refractivity contribution >= 4 is 33.4 Å². The van der Waals surface area contributed by atoms with Crippen LogP contribution in [0.3, 0.4) is 0 Å². The third-order valence-corrected chi connectivity index (χ3v) is 6.77. The van der Waals surface area contributed by atoms with Gasteiger partial charge in [-0.25, -0.2) is 4.99 Å². The van der Waals surface area contributed by atoms with Gasteiger partial charge in [-0.3, -0.25) is 4.98 Å². The van der Waals surface area contributed by atoms with Crippen LogP contribution >= 0.6 is 11.8 Å². The maximum atomic E-state index is 5.55. The second-order valence-corrected chi connectivity index (χ2v) is 8.66. The quantitative estimate of drug-likeness (QED) is 0.591. The Balaban J connectivity index is 1.51. The standard InChI is InChI=1S/C24H25N3OS/c1-2-28-16-20-13-22-18(14-25-20)8-5-9-23(22)26-24-27-15-19-7-4-3-6-17(19)12-21(27)10-11-29-24/h3-9,13-14,21H,2,10-12,15-16H2,1H3. The number of thioether (sulfide) groups is 1. The Bertz CT molecular complexity index is 1060. The van der Waals surface area contributed by atoms with Crippen LogP contribution in [0.15, 0.2) is 59.7 Å². The van der Waals surface area contributed by atoms with Crippen LogP contribution in [0.2, 0.25) is 0 Å². The fourth-order valence-corrected chi connectivity index (χ4v) is 5.33. The molecule has 1 fully saturated rings. The Morgan fingerprint density at radius 3 is 2.97 bits per heavy atom. The lowest BCUT2D eigenvalue weighted by atomic mass is 9.93. The van der Waals surface area contributed by atoms with Gasteiger partial charge < -0.3 is 9.64 Å². The number of nitrogens with zero attached hydrogens (tertiary/aromatic N) is 3. The molecule has 5 heteroatoms. The van der Waals surface area contributed by atoms with E-state index >= 15 is 0 Å². The molecule has 0 amide bonds. The molecule has 29 heavy (non-hydrogen) atoms. The van der Waals surface area contributed by atoms with Gasteiger partial charge in [0, 0.05) is 41.9 Å². The Morgan fingerprint density at radius 2 is 2.07 bits per heavy atom. The Morgan fingerprint density at radius 1 is 1.17 bits per heavy atom. The van der Waals surface area contributed by atoms with Crippen molar-refractivity contribution < 1.29 is 4.74 Å². The van der Waals surface area contributed by atoms with Crippen LogP contribution in [0, 0.1) is 0 Å². The molecule has 1 atom stereocenters. The summed E-state index contributed by atoms with van der Waals surface area (Å²) >= 11 is 1.88. The zero-order valence-electron chi connectivity index (χ0n) is 16.7. The van der Waals surface area contributed by atoms with E-state index in [2.05, 4.69) is 58.4 Å². The first-order valence-corrected chi connectivity index (χ1v) is 11.3. The topological polar surface area (TPSA) is 37.7 Å². The maximum absolute atomic E-state index is 5.55. The third-order valence-electron chi connectivity index (χ3n) is 5.75. The normalized spacial score (nSPS) is 20.0. The lowest BCUT2D eigenvalue weighted by Crippen LogP contribution is -2.46. The molecular weight excluding hydrogens is 378 g/mol. The van der Waals surface area contributed by atoms with Gasteiger partial charge in [-0.1, -0.05) is 48.2 Å². The van der Waals surface area contributed by atoms with Gasteiger partial charge in [0.15, 0.2) is 5.17 Å². The predicted molar refractivity (Wildman–Crippen MR) is 121 cm³/mol. The van der Waals surface area contributed by atoms with E-state index in [1.165, 1.54) is 17.5 Å². The van der Waals surface area contributed by atoms with E-state index in [1.807, 2.05) is 24.9 Å². The molecule has 0 radical (unpaired) electrons. The lowest BCUT2D eigenvalue weighted by molar-refractivity contribution is 0.131. The Labute approximate surface area is 176 Å². The van der Waals surface area contributed by atoms with E-state index < -0.39 is 0 Å². The molecule has 3 aromatic rings. The zero-order chi connectivity index (χ0) is 19.6. The average molecular weight is 404 g/mol. The van der Waals surface area contributed by atoms with Crippen molar-refractivity contribution in [2.45, 2.75) is 39.0 Å². The van der Waals surface area contributed by atoms with E-state index in [-0.39, 0.29) is 0 Å². The summed E-state index contributed by atoms with van der Waals surface area (Å²) in [5, 5.41) is 3.41. The van der Waals surface area contributed by atoms with Gasteiger partial charge in [-0.05, 0) is 43.0 Å². The van der Waals surface area contributed by atoms with Crippen molar-refractivity contribution in [2.24, 2.45) is 4.99 Å². The number of fused-ring (bicyclic) bond motifs is 3. The molecule has 0 aliphatic carbocycles. The minimum Gasteiger partial charge on any atom is -0.375 e. The molecule has 148 valence electrons. The van der Waals surface area contributed by atoms with Gasteiger partial charge in [0.1, 0.15) is 0 Å². The molecule has 3 heterocycles. The Hall–Kier alpha value is -2.37. The highest BCUT2D eigenvalue weighted by Crippen LogP contribution is 2.35. The van der Waals surface area contributed by atoms with Gasteiger partial charge in [0.25, 0.3) is 0 Å². The summed E-state index contributed by atoms with van der Waals surface area (Å²) < 4.78 is 5.55. The summed E-state index contributed by atoms with van der Waals surface area (Å²) in [5.41, 5.74) is 4.90. The van der Waals surface area contributed by atoms with Crippen molar-refractivity contribution in [3.05, 3.63) is 71.5 Å². The highest BCUT2D eigenvalue weighted by Gasteiger charge is 2.31. The van der Waals surface area contributed by atoms with Gasteiger partial charge >= 0.3 is 0 Å². The van der Waals surface area contributed by atoms with Crippen molar-refractivity contribution in [1.82, 2.24) is 9.88 Å². The molecule has 2 aliphatic heterocycles. The minimum atomic E-state index is 0.539. The van der Waals surface area contributed by atoms with E-state index in [1.54, 1.807) is 0 Å². The Kier molecular flexibility index (Phi) is 5.25. The maximum Gasteiger partial charge on any atom is 0.164 e. The smallest absolute Gasteiger partial charge is 0.164 e. The summed E-state index contributed by atoms with van der Waals surface area (Å²) in [6.07, 6.45) is 4.27. The predicted octanol–water partition coefficient (Wildman–Crippen LogP) is 5.32. The van der Waals surface area contributed by atoms with Gasteiger partial charge in [0.2, 0.25) is 0 Å². The second kappa shape index (κ2) is 8.17. The van der Waals surface area contributed by atoms with Crippen LogP contribution in [-0.4, -0.2) is 33.5 Å². The fraction of sp³-hybridized carbons (Fsp3) is 0.333. The summed E-state index contributed by atoms with van der Waals surface area (Å²) in [5.74, 6) is 1.13. The van der Waals surface area contributed by atoms with E-state index in [0.29, 0.717) is 19.3 Å². The molecule has 1 unspecified atom stereocenters. The largest absolute Gasteiger partial charge is 0.375 e. The number of pyridine rings is 1. The van der Waals surface area contributed by atoms with Crippen molar-refractivity contribution in [3.8, 4) is 0 Å². The summed E-state index contributed by atoms with van der Waals surface area (Å²) in [7, 11) is 0. The van der Waals surface area contributed by atoms with Crippen LogP contribution < -0.4 is 0 Å². The zero-order valence-corrected chi connectivity index (χ0v) is 17.5. The molecule has 0 saturated carbocycles. The van der Waals surface area contributed by atoms with Gasteiger partial charge in [-0.15, -0.1) is 0 Å². The number of benzene rings is 2. The number of aliphatic imine (C=N–C) groups is 1. The lowest BCUT2D eigenvalue weighted by Gasteiger charge is -2.41. The number of amidine groups is 1. The molecular formula is C24H25N3OS. The van der Waals surface area contributed by atoms with E-state index in [9.17, 15) is 0 Å². The minimum absolute atomic E-state index is 0.539. The van der Waals surface area contributed by atoms with E-state index in [0.717, 1.165) is 46.0 Å². The first kappa shape index (κ1) is 18.6. The highest BCUT2D eigenvalue weighted by atomic mass is 32.2. The van der Waals surface area contributed by atoms with Crippen LogP contribution in [0.25, 0.3) is 10.8 Å². The molecule has 1 saturated heterocycles. The van der Waals surface area contributed by atoms with Crippen LogP contribution in [0.1, 0.15) is 30.2 Å². The van der Waals surface area contributed by atoms with Gasteiger partial charge in [-0.2, -0.15) is 0 Å². The second-order valence-electron chi connectivity index (χ2n) is 7.60. The average Bonchev–Trinajstić information content (AvgIpc) is 2.77. The molecule has 0 spiro atoms. The van der Waals surface area contributed by atoms with Crippen molar-refractivity contribution in [2.75, 3.05) is 12.4 Å². The van der Waals surface area contributed by atoms with Crippen LogP contribution in [0.4, 0.5) is 5.69 Å². The third kappa shape index (κ3) is 3.77. The molecule has 0 N–H and O–H groups in total. The number of hydrogen-bond donors (Lipinski definition) is 0. The summed E-state index contributed by atoms with van der Waals surface area (Å²) in [4.78, 5) is 12.2. The van der Waals surface area contributed by atoms with Gasteiger partial charge in [0.05, 0.1) is 18.0 Å². The highest BCUT2D eigenvalue weighted by molar-refractivity contribution is 8.13. The van der Waals surface area contributed by atoms with E-state index in [4.69, 9.17) is 9.73 Å². The summed E-state index contributed by atoms with van der Waals surface area (Å²) in [6, 6.07) is 17.8. The number of ether oxygens (including phenoxy) is 1. The van der Waals surface area contributed by atoms with Crippen LogP contribution in [-0.2, 0) is 24.3 Å². The molecule has 5 rings (SSSR count). The van der Waals surface area contributed by atoms with Crippen molar-refractivity contribution in [1.29, 1.82) is 0 Å². The molecule has 0 bridgehead atoms. The molecule has 1 aromatic heterocycles. The van der Waals surface area contributed by atoms with Crippen LogP contribution in [0.5, 0.6) is 0 Å². The molecule has 4 nitrogen and oxygen atoms in total. The first-order valence-electron chi connectivity index (χ1n) is 10.3.